The fraction of sp³-hybridized carbons (Fsp3) is 0.409. The van der Waals surface area contributed by atoms with Crippen LogP contribution in [0.5, 0.6) is 17.2 Å². The van der Waals surface area contributed by atoms with Crippen LogP contribution < -0.4 is 14.2 Å². The van der Waals surface area contributed by atoms with Gasteiger partial charge in [-0.05, 0) is 31.0 Å². The van der Waals surface area contributed by atoms with Crippen molar-refractivity contribution in [1.82, 2.24) is 4.90 Å². The van der Waals surface area contributed by atoms with Crippen molar-refractivity contribution in [1.29, 1.82) is 0 Å². The summed E-state index contributed by atoms with van der Waals surface area (Å²) in [5, 5.41) is 0. The van der Waals surface area contributed by atoms with Crippen molar-refractivity contribution in [2.24, 2.45) is 0 Å². The first-order valence-corrected chi connectivity index (χ1v) is 11.5. The lowest BCUT2D eigenvalue weighted by Crippen LogP contribution is -2.40. The minimum Gasteiger partial charge on any atom is -0.493 e. The molecule has 0 aromatic heterocycles. The van der Waals surface area contributed by atoms with E-state index in [2.05, 4.69) is 0 Å². The molecule has 1 aliphatic heterocycles. The number of methoxy groups -OCH3 is 3. The summed E-state index contributed by atoms with van der Waals surface area (Å²) in [5.41, 5.74) is 2.40. The monoisotopic (exact) mass is 433 g/mol. The Morgan fingerprint density at radius 3 is 2.10 bits per heavy atom. The fourth-order valence-corrected chi connectivity index (χ4v) is 5.38. The van der Waals surface area contributed by atoms with E-state index in [4.69, 9.17) is 14.2 Å². The van der Waals surface area contributed by atoms with E-state index in [1.807, 2.05) is 31.2 Å². The number of carbonyl (C=O) groups is 1. The van der Waals surface area contributed by atoms with Gasteiger partial charge in [0.15, 0.2) is 21.3 Å². The van der Waals surface area contributed by atoms with Gasteiger partial charge in [-0.2, -0.15) is 0 Å². The lowest BCUT2D eigenvalue weighted by atomic mass is 10.1. The van der Waals surface area contributed by atoms with E-state index in [1.165, 1.54) is 21.3 Å². The van der Waals surface area contributed by atoms with E-state index in [0.717, 1.165) is 11.1 Å². The zero-order valence-electron chi connectivity index (χ0n) is 17.7. The maximum atomic E-state index is 13.5. The Kier molecular flexibility index (Phi) is 6.55. The molecular formula is C22H27NO6S. The predicted octanol–water partition coefficient (Wildman–Crippen LogP) is 2.85. The molecule has 0 unspecified atom stereocenters. The Balaban J connectivity index is 2.00. The molecule has 0 aliphatic carbocycles. The topological polar surface area (TPSA) is 82.1 Å². The van der Waals surface area contributed by atoms with Gasteiger partial charge in [-0.25, -0.2) is 8.42 Å². The van der Waals surface area contributed by atoms with Crippen molar-refractivity contribution in [3.8, 4) is 17.2 Å². The van der Waals surface area contributed by atoms with Gasteiger partial charge in [-0.15, -0.1) is 0 Å². The van der Waals surface area contributed by atoms with Gasteiger partial charge in [-0.1, -0.05) is 29.8 Å². The van der Waals surface area contributed by atoms with Gasteiger partial charge < -0.3 is 19.1 Å². The molecule has 162 valence electrons. The van der Waals surface area contributed by atoms with Crippen LogP contribution >= 0.6 is 0 Å². The van der Waals surface area contributed by atoms with Crippen LogP contribution in [0.4, 0.5) is 0 Å². The van der Waals surface area contributed by atoms with Gasteiger partial charge in [0, 0.05) is 18.2 Å². The highest BCUT2D eigenvalue weighted by Crippen LogP contribution is 2.39. The first-order valence-electron chi connectivity index (χ1n) is 9.65. The molecular weight excluding hydrogens is 406 g/mol. The van der Waals surface area contributed by atoms with Gasteiger partial charge in [-0.3, -0.25) is 4.79 Å². The molecule has 1 heterocycles. The molecule has 1 atom stereocenters. The van der Waals surface area contributed by atoms with Crippen LogP contribution in [0.25, 0.3) is 0 Å². The summed E-state index contributed by atoms with van der Waals surface area (Å²) >= 11 is 0. The van der Waals surface area contributed by atoms with E-state index in [0.29, 0.717) is 35.8 Å². The average Bonchev–Trinajstić information content (AvgIpc) is 3.10. The summed E-state index contributed by atoms with van der Waals surface area (Å²) in [7, 11) is 1.31. The first kappa shape index (κ1) is 22.0. The third-order valence-electron chi connectivity index (χ3n) is 5.30. The summed E-state index contributed by atoms with van der Waals surface area (Å²) in [5.74, 6) is 0.908. The Morgan fingerprint density at radius 2 is 1.63 bits per heavy atom. The number of sulfone groups is 1. The normalized spacial score (nSPS) is 17.4. The number of rotatable bonds is 7. The number of nitrogens with zero attached hydrogens (tertiary/aromatic N) is 1. The van der Waals surface area contributed by atoms with Crippen LogP contribution in [0.1, 0.15) is 27.9 Å². The number of hydrogen-bond acceptors (Lipinski definition) is 6. The molecule has 1 fully saturated rings. The van der Waals surface area contributed by atoms with Crippen molar-refractivity contribution in [3.05, 3.63) is 53.1 Å². The Hall–Kier alpha value is -2.74. The minimum atomic E-state index is -3.15. The predicted molar refractivity (Wildman–Crippen MR) is 114 cm³/mol. The van der Waals surface area contributed by atoms with Crippen LogP contribution in [-0.2, 0) is 16.4 Å². The Morgan fingerprint density at radius 1 is 1.03 bits per heavy atom. The molecule has 0 N–H and O–H groups in total. The highest BCUT2D eigenvalue weighted by molar-refractivity contribution is 7.91. The van der Waals surface area contributed by atoms with E-state index in [9.17, 15) is 13.2 Å². The van der Waals surface area contributed by atoms with Gasteiger partial charge in [0.05, 0.1) is 32.8 Å². The molecule has 0 radical (unpaired) electrons. The van der Waals surface area contributed by atoms with Crippen molar-refractivity contribution in [3.63, 3.8) is 0 Å². The third-order valence-corrected chi connectivity index (χ3v) is 7.05. The smallest absolute Gasteiger partial charge is 0.254 e. The maximum Gasteiger partial charge on any atom is 0.254 e. The van der Waals surface area contributed by atoms with Crippen LogP contribution in [0.2, 0.25) is 0 Å². The molecule has 30 heavy (non-hydrogen) atoms. The zero-order chi connectivity index (χ0) is 21.9. The lowest BCUT2D eigenvalue weighted by Gasteiger charge is -2.29. The van der Waals surface area contributed by atoms with Crippen LogP contribution in [0.3, 0.4) is 0 Å². The first-order chi connectivity index (χ1) is 14.3. The zero-order valence-corrected chi connectivity index (χ0v) is 18.5. The molecule has 1 saturated heterocycles. The summed E-state index contributed by atoms with van der Waals surface area (Å²) in [6.45, 7) is 2.31. The molecule has 1 aliphatic rings. The van der Waals surface area contributed by atoms with Crippen molar-refractivity contribution < 1.29 is 27.4 Å². The lowest BCUT2D eigenvalue weighted by molar-refractivity contribution is 0.0680. The molecule has 2 aromatic carbocycles. The molecule has 1 amide bonds. The SMILES string of the molecule is COc1cc(C(=O)N(Cc2ccc(C)cc2)[C@H]2CCS(=O)(=O)C2)cc(OC)c1OC. The Bertz CT molecular complexity index is 991. The van der Waals surface area contributed by atoms with Gasteiger partial charge in [0.1, 0.15) is 0 Å². The second kappa shape index (κ2) is 8.95. The van der Waals surface area contributed by atoms with E-state index in [-0.39, 0.29) is 23.5 Å². The number of aryl methyl sites for hydroxylation is 1. The van der Waals surface area contributed by atoms with Crippen LogP contribution in [-0.4, -0.2) is 58.1 Å². The van der Waals surface area contributed by atoms with Crippen molar-refractivity contribution >= 4 is 15.7 Å². The molecule has 3 rings (SSSR count). The van der Waals surface area contributed by atoms with E-state index >= 15 is 0 Å². The second-order valence-electron chi connectivity index (χ2n) is 7.39. The molecule has 2 aromatic rings. The Labute approximate surface area is 177 Å². The van der Waals surface area contributed by atoms with Crippen LogP contribution in [0.15, 0.2) is 36.4 Å². The highest BCUT2D eigenvalue weighted by atomic mass is 32.2. The summed E-state index contributed by atoms with van der Waals surface area (Å²) in [6.07, 6.45) is 0.421. The molecule has 8 heteroatoms. The number of hydrogen-bond donors (Lipinski definition) is 0. The molecule has 0 saturated carbocycles. The molecule has 7 nitrogen and oxygen atoms in total. The quantitative estimate of drug-likeness (QED) is 0.668. The highest BCUT2D eigenvalue weighted by Gasteiger charge is 2.35. The minimum absolute atomic E-state index is 0.0327. The largest absolute Gasteiger partial charge is 0.493 e. The fourth-order valence-electron chi connectivity index (χ4n) is 3.65. The van der Waals surface area contributed by atoms with E-state index in [1.54, 1.807) is 17.0 Å². The van der Waals surface area contributed by atoms with Gasteiger partial charge >= 0.3 is 0 Å². The number of ether oxygens (including phenoxy) is 3. The number of amides is 1. The summed E-state index contributed by atoms with van der Waals surface area (Å²) in [6, 6.07) is 10.7. The maximum absolute atomic E-state index is 13.5. The van der Waals surface area contributed by atoms with Crippen LogP contribution in [0, 0.1) is 6.92 Å². The van der Waals surface area contributed by atoms with Gasteiger partial charge in [0.2, 0.25) is 5.75 Å². The second-order valence-corrected chi connectivity index (χ2v) is 9.62. The molecule has 0 bridgehead atoms. The average molecular weight is 434 g/mol. The van der Waals surface area contributed by atoms with Crippen molar-refractivity contribution in [2.75, 3.05) is 32.8 Å². The molecule has 0 spiro atoms. The number of carbonyl (C=O) groups excluding carboxylic acids is 1. The summed E-state index contributed by atoms with van der Waals surface area (Å²) < 4.78 is 40.3. The van der Waals surface area contributed by atoms with Crippen molar-refractivity contribution in [2.45, 2.75) is 25.9 Å². The third kappa shape index (κ3) is 4.70. The van der Waals surface area contributed by atoms with Gasteiger partial charge in [0.25, 0.3) is 5.91 Å². The summed E-state index contributed by atoms with van der Waals surface area (Å²) in [4.78, 5) is 15.2. The standard InChI is InChI=1S/C22H27NO6S/c1-15-5-7-16(8-6-15)13-23(18-9-10-30(25,26)14-18)22(24)17-11-19(27-2)21(29-4)20(12-17)28-3/h5-8,11-12,18H,9-10,13-14H2,1-4H3/t18-/m0/s1. The number of benzene rings is 2. The van der Waals surface area contributed by atoms with E-state index < -0.39 is 9.84 Å².